The Morgan fingerprint density at radius 1 is 1.29 bits per heavy atom. The van der Waals surface area contributed by atoms with Crippen LogP contribution in [0.25, 0.3) is 0 Å². The maximum atomic E-state index is 10.9. The fraction of sp³-hybridized carbons (Fsp3) is 0.500. The van der Waals surface area contributed by atoms with Crippen molar-refractivity contribution in [1.82, 2.24) is 0 Å². The molecule has 0 aromatic heterocycles. The summed E-state index contributed by atoms with van der Waals surface area (Å²) in [6.07, 6.45) is 0. The summed E-state index contributed by atoms with van der Waals surface area (Å²) >= 11 is 0. The van der Waals surface area contributed by atoms with Crippen LogP contribution in [0.3, 0.4) is 0 Å². The lowest BCUT2D eigenvalue weighted by atomic mass is 9.94. The van der Waals surface area contributed by atoms with Gasteiger partial charge in [0.15, 0.2) is 0 Å². The molecule has 1 rings (SSSR count). The number of anilines is 1. The average Bonchev–Trinajstić information content (AvgIpc) is 2.27. The maximum Gasteiger partial charge on any atom is 0.310 e. The molecule has 0 radical (unpaired) electrons. The van der Waals surface area contributed by atoms with Crippen LogP contribution in [0.2, 0.25) is 0 Å². The zero-order valence-corrected chi connectivity index (χ0v) is 10.9. The number of carboxylic acid groups (broad SMARTS) is 1. The van der Waals surface area contributed by atoms with E-state index in [1.165, 1.54) is 5.56 Å². The number of benzene rings is 1. The summed E-state index contributed by atoms with van der Waals surface area (Å²) in [5.41, 5.74) is 1.49. The molecule has 0 saturated carbocycles. The first-order valence-electron chi connectivity index (χ1n) is 5.90. The predicted octanol–water partition coefficient (Wildman–Crippen LogP) is 3.33. The van der Waals surface area contributed by atoms with E-state index in [2.05, 4.69) is 31.3 Å². The number of carboxylic acids is 1. The van der Waals surface area contributed by atoms with Gasteiger partial charge in [0.25, 0.3) is 0 Å². The minimum Gasteiger partial charge on any atom is -0.481 e. The summed E-state index contributed by atoms with van der Waals surface area (Å²) in [6.45, 7) is 8.14. The highest BCUT2D eigenvalue weighted by Gasteiger charge is 2.26. The lowest BCUT2D eigenvalue weighted by Gasteiger charge is -2.20. The molecule has 1 aromatic rings. The first kappa shape index (κ1) is 13.6. The number of hydrogen-bond donors (Lipinski definition) is 2. The highest BCUT2D eigenvalue weighted by atomic mass is 16.4. The summed E-state index contributed by atoms with van der Waals surface area (Å²) in [7, 11) is 0. The second kappa shape index (κ2) is 5.21. The van der Waals surface area contributed by atoms with Crippen molar-refractivity contribution < 1.29 is 9.90 Å². The van der Waals surface area contributed by atoms with Gasteiger partial charge >= 0.3 is 5.97 Å². The molecule has 2 N–H and O–H groups in total. The highest BCUT2D eigenvalue weighted by molar-refractivity contribution is 5.74. The lowest BCUT2D eigenvalue weighted by molar-refractivity contribution is -0.146. The predicted molar refractivity (Wildman–Crippen MR) is 70.4 cm³/mol. The van der Waals surface area contributed by atoms with Crippen LogP contribution in [0.1, 0.15) is 39.2 Å². The molecular formula is C14H21NO2. The normalized spacial score (nSPS) is 11.6. The van der Waals surface area contributed by atoms with Gasteiger partial charge in [0.1, 0.15) is 0 Å². The number of rotatable bonds is 5. The molecule has 0 aliphatic carbocycles. The van der Waals surface area contributed by atoms with Gasteiger partial charge in [-0.2, -0.15) is 0 Å². The summed E-state index contributed by atoms with van der Waals surface area (Å²) < 4.78 is 0. The molecule has 0 aliphatic heterocycles. The topological polar surface area (TPSA) is 49.3 Å². The van der Waals surface area contributed by atoms with Crippen LogP contribution in [0.5, 0.6) is 0 Å². The molecule has 0 aliphatic rings. The summed E-state index contributed by atoms with van der Waals surface area (Å²) in [6, 6.07) is 8.13. The van der Waals surface area contributed by atoms with E-state index >= 15 is 0 Å². The van der Waals surface area contributed by atoms with Gasteiger partial charge in [-0.25, -0.2) is 0 Å². The number of nitrogens with one attached hydrogen (secondary N) is 1. The summed E-state index contributed by atoms with van der Waals surface area (Å²) in [5, 5.41) is 12.1. The van der Waals surface area contributed by atoms with E-state index in [4.69, 9.17) is 5.11 Å². The van der Waals surface area contributed by atoms with Crippen molar-refractivity contribution in [1.29, 1.82) is 0 Å². The molecular weight excluding hydrogens is 214 g/mol. The molecule has 1 aromatic carbocycles. The fourth-order valence-corrected chi connectivity index (χ4v) is 1.38. The van der Waals surface area contributed by atoms with Gasteiger partial charge in [0, 0.05) is 12.2 Å². The Morgan fingerprint density at radius 3 is 2.24 bits per heavy atom. The van der Waals surface area contributed by atoms with Gasteiger partial charge in [-0.3, -0.25) is 4.79 Å². The van der Waals surface area contributed by atoms with E-state index in [-0.39, 0.29) is 0 Å². The van der Waals surface area contributed by atoms with Crippen LogP contribution in [-0.2, 0) is 4.79 Å². The van der Waals surface area contributed by atoms with Crippen LogP contribution < -0.4 is 5.32 Å². The van der Waals surface area contributed by atoms with E-state index in [0.717, 1.165) is 5.69 Å². The third kappa shape index (κ3) is 3.77. The van der Waals surface area contributed by atoms with Crippen molar-refractivity contribution >= 4 is 11.7 Å². The molecule has 0 saturated heterocycles. The molecule has 0 fully saturated rings. The van der Waals surface area contributed by atoms with Crippen molar-refractivity contribution in [3.63, 3.8) is 0 Å². The van der Waals surface area contributed by atoms with Crippen molar-refractivity contribution in [2.24, 2.45) is 5.41 Å². The Bertz CT molecular complexity index is 380. The number of hydrogen-bond acceptors (Lipinski definition) is 2. The van der Waals surface area contributed by atoms with Crippen molar-refractivity contribution in [3.05, 3.63) is 29.8 Å². The monoisotopic (exact) mass is 235 g/mol. The van der Waals surface area contributed by atoms with Crippen LogP contribution in [0.15, 0.2) is 24.3 Å². The number of carbonyl (C=O) groups is 1. The molecule has 0 spiro atoms. The van der Waals surface area contributed by atoms with Gasteiger partial charge in [0.2, 0.25) is 0 Å². The van der Waals surface area contributed by atoms with E-state index in [0.29, 0.717) is 12.5 Å². The second-order valence-electron chi connectivity index (χ2n) is 5.32. The molecule has 17 heavy (non-hydrogen) atoms. The van der Waals surface area contributed by atoms with Crippen molar-refractivity contribution in [2.75, 3.05) is 11.9 Å². The quantitative estimate of drug-likeness (QED) is 0.823. The van der Waals surface area contributed by atoms with Gasteiger partial charge in [-0.05, 0) is 37.5 Å². The Labute approximate surface area is 103 Å². The van der Waals surface area contributed by atoms with E-state index in [9.17, 15) is 4.79 Å². The molecule has 94 valence electrons. The smallest absolute Gasteiger partial charge is 0.310 e. The molecule has 0 atom stereocenters. The zero-order chi connectivity index (χ0) is 13.1. The minimum atomic E-state index is -0.788. The van der Waals surface area contributed by atoms with Gasteiger partial charge in [0.05, 0.1) is 5.41 Å². The Balaban J connectivity index is 2.62. The Hall–Kier alpha value is -1.51. The molecule has 0 bridgehead atoms. The van der Waals surface area contributed by atoms with E-state index < -0.39 is 11.4 Å². The van der Waals surface area contributed by atoms with Gasteiger partial charge < -0.3 is 10.4 Å². The minimum absolute atomic E-state index is 0.420. The molecule has 3 heteroatoms. The van der Waals surface area contributed by atoms with E-state index in [1.54, 1.807) is 13.8 Å². The summed E-state index contributed by atoms with van der Waals surface area (Å²) in [4.78, 5) is 10.9. The first-order valence-corrected chi connectivity index (χ1v) is 5.90. The number of aliphatic carboxylic acids is 1. The van der Waals surface area contributed by atoms with Gasteiger partial charge in [-0.1, -0.05) is 26.0 Å². The standard InChI is InChI=1S/C14H21NO2/c1-10(2)11-5-7-12(8-6-11)15-9-14(3,4)13(16)17/h5-8,10,15H,9H2,1-4H3,(H,16,17). The molecule has 0 amide bonds. The van der Waals surface area contributed by atoms with Crippen LogP contribution in [-0.4, -0.2) is 17.6 Å². The zero-order valence-electron chi connectivity index (χ0n) is 10.9. The lowest BCUT2D eigenvalue weighted by Crippen LogP contribution is -2.31. The molecule has 0 heterocycles. The van der Waals surface area contributed by atoms with Crippen molar-refractivity contribution in [3.8, 4) is 0 Å². The summed E-state index contributed by atoms with van der Waals surface area (Å²) in [5.74, 6) is -0.275. The highest BCUT2D eigenvalue weighted by Crippen LogP contribution is 2.20. The first-order chi connectivity index (χ1) is 7.83. The molecule has 3 nitrogen and oxygen atoms in total. The Kier molecular flexibility index (Phi) is 4.16. The molecule has 0 unspecified atom stereocenters. The van der Waals surface area contributed by atoms with Crippen LogP contribution >= 0.6 is 0 Å². The largest absolute Gasteiger partial charge is 0.481 e. The fourth-order valence-electron chi connectivity index (χ4n) is 1.38. The van der Waals surface area contributed by atoms with Crippen LogP contribution in [0, 0.1) is 5.41 Å². The third-order valence-electron chi connectivity index (χ3n) is 2.89. The third-order valence-corrected chi connectivity index (χ3v) is 2.89. The SMILES string of the molecule is CC(C)c1ccc(NCC(C)(C)C(=O)O)cc1. The van der Waals surface area contributed by atoms with Crippen molar-refractivity contribution in [2.45, 2.75) is 33.6 Å². The van der Waals surface area contributed by atoms with E-state index in [1.807, 2.05) is 12.1 Å². The second-order valence-corrected chi connectivity index (χ2v) is 5.32. The maximum absolute atomic E-state index is 10.9. The van der Waals surface area contributed by atoms with Gasteiger partial charge in [-0.15, -0.1) is 0 Å². The Morgan fingerprint density at radius 2 is 1.82 bits per heavy atom. The average molecular weight is 235 g/mol. The van der Waals surface area contributed by atoms with Crippen LogP contribution in [0.4, 0.5) is 5.69 Å².